The van der Waals surface area contributed by atoms with Gasteiger partial charge in [-0.1, -0.05) is 30.4 Å². The van der Waals surface area contributed by atoms with Crippen LogP contribution in [0.1, 0.15) is 11.1 Å². The van der Waals surface area contributed by atoms with E-state index in [0.29, 0.717) is 17.1 Å². The minimum Gasteiger partial charge on any atom is -0.508 e. The highest BCUT2D eigenvalue weighted by molar-refractivity contribution is 7.86. The number of benzene rings is 4. The van der Waals surface area contributed by atoms with E-state index in [-0.39, 0.29) is 27.6 Å². The molecule has 0 atom stereocenters. The monoisotopic (exact) mass is 500 g/mol. The zero-order chi connectivity index (χ0) is 25.5. The van der Waals surface area contributed by atoms with E-state index in [4.69, 9.17) is 0 Å². The number of phenolic OH excluding ortho intramolecular Hbond substituents is 2. The van der Waals surface area contributed by atoms with Crippen LogP contribution in [0.2, 0.25) is 0 Å². The Morgan fingerprint density at radius 2 is 0.972 bits per heavy atom. The zero-order valence-electron chi connectivity index (χ0n) is 18.7. The van der Waals surface area contributed by atoms with Crippen molar-refractivity contribution in [3.63, 3.8) is 0 Å². The Bertz CT molecular complexity index is 1550. The summed E-state index contributed by atoms with van der Waals surface area (Å²) >= 11 is 0. The smallest absolute Gasteiger partial charge is 0.295 e. The molecule has 10 heteroatoms. The molecule has 4 rings (SSSR count). The Morgan fingerprint density at radius 3 is 1.44 bits per heavy atom. The van der Waals surface area contributed by atoms with Crippen LogP contribution in [0.4, 0.5) is 22.7 Å². The van der Waals surface area contributed by atoms with E-state index in [1.165, 1.54) is 36.4 Å². The van der Waals surface area contributed by atoms with Crippen LogP contribution < -0.4 is 0 Å². The van der Waals surface area contributed by atoms with E-state index in [1.807, 2.05) is 0 Å². The van der Waals surface area contributed by atoms with Gasteiger partial charge in [0.2, 0.25) is 0 Å². The predicted molar refractivity (Wildman–Crippen MR) is 136 cm³/mol. The van der Waals surface area contributed by atoms with E-state index in [2.05, 4.69) is 20.5 Å². The molecular weight excluding hydrogens is 480 g/mol. The summed E-state index contributed by atoms with van der Waals surface area (Å²) in [7, 11) is -4.52. The maximum Gasteiger partial charge on any atom is 0.295 e. The first-order valence-electron chi connectivity index (χ1n) is 10.6. The summed E-state index contributed by atoms with van der Waals surface area (Å²) in [4.78, 5) is -0.305. The van der Waals surface area contributed by atoms with Crippen molar-refractivity contribution in [1.82, 2.24) is 0 Å². The van der Waals surface area contributed by atoms with Crippen molar-refractivity contribution < 1.29 is 23.2 Å². The molecule has 0 aromatic heterocycles. The molecular formula is C26H20N4O5S. The minimum absolute atomic E-state index is 0.0897. The van der Waals surface area contributed by atoms with Crippen LogP contribution in [-0.4, -0.2) is 23.2 Å². The molecule has 0 spiro atoms. The first-order valence-corrected chi connectivity index (χ1v) is 12.0. The first-order chi connectivity index (χ1) is 17.3. The molecule has 36 heavy (non-hydrogen) atoms. The zero-order valence-corrected chi connectivity index (χ0v) is 19.5. The Kier molecular flexibility index (Phi) is 7.28. The second-order valence-corrected chi connectivity index (χ2v) is 8.94. The summed E-state index contributed by atoms with van der Waals surface area (Å²) in [5.74, 6) is 0.238. The van der Waals surface area contributed by atoms with Crippen LogP contribution in [0.15, 0.2) is 116 Å². The molecule has 3 N–H and O–H groups in total. The molecule has 9 nitrogen and oxygen atoms in total. The molecule has 4 aromatic carbocycles. The van der Waals surface area contributed by atoms with E-state index in [1.54, 1.807) is 66.7 Å². The van der Waals surface area contributed by atoms with Gasteiger partial charge in [-0.25, -0.2) is 0 Å². The third kappa shape index (κ3) is 6.69. The lowest BCUT2D eigenvalue weighted by molar-refractivity contribution is 0.475. The summed E-state index contributed by atoms with van der Waals surface area (Å²) in [5.41, 5.74) is 2.96. The Morgan fingerprint density at radius 1 is 0.556 bits per heavy atom. The number of rotatable bonds is 7. The van der Waals surface area contributed by atoms with E-state index < -0.39 is 10.1 Å². The molecule has 4 aromatic rings. The molecule has 0 bridgehead atoms. The maximum absolute atomic E-state index is 12.0. The van der Waals surface area contributed by atoms with Crippen LogP contribution in [0.3, 0.4) is 0 Å². The highest BCUT2D eigenvalue weighted by atomic mass is 32.2. The lowest BCUT2D eigenvalue weighted by atomic mass is 10.1. The van der Waals surface area contributed by atoms with Gasteiger partial charge >= 0.3 is 0 Å². The van der Waals surface area contributed by atoms with Gasteiger partial charge < -0.3 is 10.2 Å². The largest absolute Gasteiger partial charge is 0.508 e. The van der Waals surface area contributed by atoms with Crippen molar-refractivity contribution in [1.29, 1.82) is 0 Å². The van der Waals surface area contributed by atoms with Crippen molar-refractivity contribution in [2.24, 2.45) is 20.5 Å². The second-order valence-electron chi connectivity index (χ2n) is 7.55. The SMILES string of the molecule is O=S(=O)(O)c1cc(N=Nc2ccc(O)cc2)ccc1C=Cc1ccc(N=Nc2ccc(O)cc2)cc1. The number of hydrogen-bond acceptors (Lipinski definition) is 8. The molecule has 0 unspecified atom stereocenters. The van der Waals surface area contributed by atoms with Crippen LogP contribution in [0.25, 0.3) is 12.2 Å². The first kappa shape index (κ1) is 24.5. The van der Waals surface area contributed by atoms with Crippen LogP contribution in [0.5, 0.6) is 11.5 Å². The molecule has 0 fully saturated rings. The van der Waals surface area contributed by atoms with Crippen molar-refractivity contribution in [2.75, 3.05) is 0 Å². The third-order valence-electron chi connectivity index (χ3n) is 4.88. The number of hydrogen-bond donors (Lipinski definition) is 3. The molecule has 180 valence electrons. The molecule has 0 heterocycles. The summed E-state index contributed by atoms with van der Waals surface area (Å²) in [6, 6.07) is 23.7. The van der Waals surface area contributed by atoms with Crippen LogP contribution >= 0.6 is 0 Å². The average molecular weight is 501 g/mol. The molecule has 0 aliphatic carbocycles. The Labute approximate surface area is 207 Å². The third-order valence-corrected chi connectivity index (χ3v) is 5.79. The number of azo groups is 2. The summed E-state index contributed by atoms with van der Waals surface area (Å²) in [6.45, 7) is 0. The Balaban J connectivity index is 1.51. The van der Waals surface area contributed by atoms with E-state index in [9.17, 15) is 23.2 Å². The van der Waals surface area contributed by atoms with E-state index >= 15 is 0 Å². The molecule has 0 aliphatic rings. The standard InChI is InChI=1S/C26H20N4O5S/c31-24-13-9-21(10-14-24)28-27-20-6-2-18(3-7-20)1-4-19-5-8-23(17-26(19)36(33,34)35)30-29-22-11-15-25(32)16-12-22/h1-17,31-32H,(H,33,34,35). The Hall–Kier alpha value is -4.67. The molecule has 0 saturated carbocycles. The van der Waals surface area contributed by atoms with Crippen LogP contribution in [-0.2, 0) is 10.1 Å². The van der Waals surface area contributed by atoms with Crippen molar-refractivity contribution in [3.8, 4) is 11.5 Å². The fourth-order valence-electron chi connectivity index (χ4n) is 3.05. The normalized spacial score (nSPS) is 12.1. The molecule has 0 amide bonds. The lowest BCUT2D eigenvalue weighted by Crippen LogP contribution is -2.00. The van der Waals surface area contributed by atoms with Gasteiger partial charge in [0.15, 0.2) is 0 Å². The fourth-order valence-corrected chi connectivity index (χ4v) is 3.76. The van der Waals surface area contributed by atoms with Crippen molar-refractivity contribution in [2.45, 2.75) is 4.90 Å². The predicted octanol–water partition coefficient (Wildman–Crippen LogP) is 7.35. The lowest BCUT2D eigenvalue weighted by Gasteiger charge is -2.04. The number of nitrogens with zero attached hydrogens (tertiary/aromatic N) is 4. The fraction of sp³-hybridized carbons (Fsp3) is 0. The molecule has 0 saturated heterocycles. The van der Waals surface area contributed by atoms with Gasteiger partial charge in [-0.15, -0.1) is 0 Å². The molecule has 0 radical (unpaired) electrons. The van der Waals surface area contributed by atoms with E-state index in [0.717, 1.165) is 5.56 Å². The topological polar surface area (TPSA) is 144 Å². The van der Waals surface area contributed by atoms with Gasteiger partial charge in [-0.3, -0.25) is 4.55 Å². The van der Waals surface area contributed by atoms with Crippen molar-refractivity contribution in [3.05, 3.63) is 102 Å². The van der Waals surface area contributed by atoms with Crippen LogP contribution in [0, 0.1) is 0 Å². The van der Waals surface area contributed by atoms with Gasteiger partial charge in [-0.05, 0) is 83.9 Å². The second kappa shape index (κ2) is 10.7. The van der Waals surface area contributed by atoms with Gasteiger partial charge in [0.25, 0.3) is 10.1 Å². The quantitative estimate of drug-likeness (QED) is 0.138. The number of aromatic hydroxyl groups is 2. The highest BCUT2D eigenvalue weighted by Crippen LogP contribution is 2.27. The van der Waals surface area contributed by atoms with Gasteiger partial charge in [0, 0.05) is 0 Å². The highest BCUT2D eigenvalue weighted by Gasteiger charge is 2.15. The van der Waals surface area contributed by atoms with Gasteiger partial charge in [0.1, 0.15) is 16.4 Å². The van der Waals surface area contributed by atoms with Gasteiger partial charge in [0.05, 0.1) is 22.7 Å². The van der Waals surface area contributed by atoms with Gasteiger partial charge in [-0.2, -0.15) is 28.9 Å². The summed E-state index contributed by atoms with van der Waals surface area (Å²) in [5, 5.41) is 34.9. The average Bonchev–Trinajstić information content (AvgIpc) is 2.87. The summed E-state index contributed by atoms with van der Waals surface area (Å²) < 4.78 is 33.6. The maximum atomic E-state index is 12.0. The summed E-state index contributed by atoms with van der Waals surface area (Å²) in [6.07, 6.45) is 3.26. The molecule has 0 aliphatic heterocycles. The van der Waals surface area contributed by atoms with Crippen molar-refractivity contribution >= 4 is 45.0 Å². The minimum atomic E-state index is -4.52. The number of phenols is 2.